The summed E-state index contributed by atoms with van der Waals surface area (Å²) in [7, 11) is 0. The molecule has 0 saturated heterocycles. The lowest BCUT2D eigenvalue weighted by atomic mass is 10.1. The second-order valence-electron chi connectivity index (χ2n) is 6.05. The molecule has 140 valence electrons. The maximum atomic E-state index is 12.3. The number of hydrogen-bond donors (Lipinski definition) is 0. The number of ether oxygens (including phenoxy) is 1. The molecular weight excluding hydrogens is 367 g/mol. The molecule has 0 radical (unpaired) electrons. The van der Waals surface area contributed by atoms with Gasteiger partial charge >= 0.3 is 6.36 Å². The van der Waals surface area contributed by atoms with E-state index in [1.54, 1.807) is 18.2 Å². The summed E-state index contributed by atoms with van der Waals surface area (Å²) in [5, 5.41) is 0. The van der Waals surface area contributed by atoms with Crippen LogP contribution < -0.4 is 4.74 Å². The summed E-state index contributed by atoms with van der Waals surface area (Å²) < 4.78 is 46.6. The molecule has 4 rings (SSSR count). The summed E-state index contributed by atoms with van der Waals surface area (Å²) in [5.74, 6) is 0.0853. The predicted octanol–water partition coefficient (Wildman–Crippen LogP) is 6.56. The Morgan fingerprint density at radius 2 is 1.64 bits per heavy atom. The van der Waals surface area contributed by atoms with Gasteiger partial charge in [-0.15, -0.1) is 13.2 Å². The van der Waals surface area contributed by atoms with Gasteiger partial charge in [-0.3, -0.25) is 0 Å². The maximum absolute atomic E-state index is 12.3. The molecule has 3 nitrogen and oxygen atoms in total. The lowest BCUT2D eigenvalue weighted by Gasteiger charge is -2.08. The molecule has 0 atom stereocenters. The summed E-state index contributed by atoms with van der Waals surface area (Å²) in [4.78, 5) is 4.43. The molecule has 0 aliphatic heterocycles. The van der Waals surface area contributed by atoms with Gasteiger partial charge in [0.2, 0.25) is 5.89 Å². The number of hydrogen-bond acceptors (Lipinski definition) is 3. The van der Waals surface area contributed by atoms with Gasteiger partial charge < -0.3 is 9.15 Å². The quantitative estimate of drug-likeness (QED) is 0.401. The third-order valence-electron chi connectivity index (χ3n) is 4.02. The van der Waals surface area contributed by atoms with Gasteiger partial charge in [0.25, 0.3) is 0 Å². The highest BCUT2D eigenvalue weighted by Crippen LogP contribution is 2.26. The van der Waals surface area contributed by atoms with Gasteiger partial charge in [-0.1, -0.05) is 48.5 Å². The summed E-state index contributed by atoms with van der Waals surface area (Å²) >= 11 is 0. The summed E-state index contributed by atoms with van der Waals surface area (Å²) in [6.45, 7) is 0. The van der Waals surface area contributed by atoms with Crippen LogP contribution in [0.25, 0.3) is 34.4 Å². The van der Waals surface area contributed by atoms with E-state index in [0.29, 0.717) is 22.6 Å². The zero-order valence-corrected chi connectivity index (χ0v) is 14.5. The predicted molar refractivity (Wildman–Crippen MR) is 101 cm³/mol. The standard InChI is InChI=1S/C22H14F3NO2/c23-22(24,25)28-18-8-4-5-15(13-18)9-12-21-26-19-14-17(10-11-20(19)27-21)16-6-2-1-3-7-16/h1-14H. The van der Waals surface area contributed by atoms with Crippen molar-refractivity contribution in [2.75, 3.05) is 0 Å². The molecule has 0 N–H and O–H groups in total. The lowest BCUT2D eigenvalue weighted by molar-refractivity contribution is -0.274. The van der Waals surface area contributed by atoms with E-state index in [0.717, 1.165) is 11.1 Å². The zero-order chi connectivity index (χ0) is 19.6. The van der Waals surface area contributed by atoms with Crippen LogP contribution in [0.5, 0.6) is 5.75 Å². The molecule has 0 unspecified atom stereocenters. The maximum Gasteiger partial charge on any atom is 0.573 e. The normalized spacial score (nSPS) is 12.0. The molecule has 4 aromatic rings. The fourth-order valence-electron chi connectivity index (χ4n) is 2.81. The Bertz CT molecular complexity index is 1130. The van der Waals surface area contributed by atoms with E-state index < -0.39 is 6.36 Å². The average Bonchev–Trinajstić information content (AvgIpc) is 3.08. The minimum absolute atomic E-state index is 0.278. The summed E-state index contributed by atoms with van der Waals surface area (Å²) in [6.07, 6.45) is -1.50. The number of nitrogens with zero attached hydrogens (tertiary/aromatic N) is 1. The number of alkyl halides is 3. The van der Waals surface area contributed by atoms with Crippen LogP contribution in [0.3, 0.4) is 0 Å². The molecule has 0 spiro atoms. The first-order chi connectivity index (χ1) is 13.5. The molecule has 1 aromatic heterocycles. The van der Waals surface area contributed by atoms with E-state index in [-0.39, 0.29) is 5.75 Å². The fourth-order valence-corrected chi connectivity index (χ4v) is 2.81. The van der Waals surface area contributed by atoms with Crippen LogP contribution in [-0.2, 0) is 0 Å². The van der Waals surface area contributed by atoms with E-state index >= 15 is 0 Å². The second-order valence-corrected chi connectivity index (χ2v) is 6.05. The monoisotopic (exact) mass is 381 g/mol. The Balaban J connectivity index is 1.57. The molecule has 1 heterocycles. The Kier molecular flexibility index (Phi) is 4.61. The van der Waals surface area contributed by atoms with E-state index in [4.69, 9.17) is 4.42 Å². The van der Waals surface area contributed by atoms with Crippen LogP contribution in [0.15, 0.2) is 77.2 Å². The van der Waals surface area contributed by atoms with Crippen molar-refractivity contribution in [1.29, 1.82) is 0 Å². The minimum atomic E-state index is -4.72. The topological polar surface area (TPSA) is 35.3 Å². The highest BCUT2D eigenvalue weighted by atomic mass is 19.4. The van der Waals surface area contributed by atoms with Gasteiger partial charge in [0, 0.05) is 6.08 Å². The molecule has 0 aliphatic rings. The van der Waals surface area contributed by atoms with Crippen molar-refractivity contribution >= 4 is 23.3 Å². The van der Waals surface area contributed by atoms with Gasteiger partial charge in [0.05, 0.1) is 0 Å². The third-order valence-corrected chi connectivity index (χ3v) is 4.02. The highest BCUT2D eigenvalue weighted by Gasteiger charge is 2.31. The zero-order valence-electron chi connectivity index (χ0n) is 14.5. The molecule has 28 heavy (non-hydrogen) atoms. The van der Waals surface area contributed by atoms with E-state index in [2.05, 4.69) is 9.72 Å². The first-order valence-electron chi connectivity index (χ1n) is 8.46. The molecule has 0 fully saturated rings. The van der Waals surface area contributed by atoms with E-state index in [1.165, 1.54) is 18.2 Å². The molecule has 3 aromatic carbocycles. The fraction of sp³-hybridized carbons (Fsp3) is 0.0455. The third kappa shape index (κ3) is 4.23. The average molecular weight is 381 g/mol. The van der Waals surface area contributed by atoms with Crippen LogP contribution >= 0.6 is 0 Å². The largest absolute Gasteiger partial charge is 0.573 e. The van der Waals surface area contributed by atoms with Gasteiger partial charge in [0.1, 0.15) is 11.3 Å². The van der Waals surface area contributed by atoms with Crippen molar-refractivity contribution in [3.8, 4) is 16.9 Å². The number of halogens is 3. The molecule has 0 aliphatic carbocycles. The number of fused-ring (bicyclic) bond motifs is 1. The molecule has 6 heteroatoms. The van der Waals surface area contributed by atoms with Crippen molar-refractivity contribution in [2.45, 2.75) is 6.36 Å². The SMILES string of the molecule is FC(F)(F)Oc1cccc(C=Cc2nc3cc(-c4ccccc4)ccc3o2)c1. The van der Waals surface area contributed by atoms with Crippen LogP contribution in [0, 0.1) is 0 Å². The first kappa shape index (κ1) is 17.9. The van der Waals surface area contributed by atoms with Gasteiger partial charge in [0.15, 0.2) is 5.58 Å². The lowest BCUT2D eigenvalue weighted by Crippen LogP contribution is -2.17. The number of oxazole rings is 1. The summed E-state index contributed by atoms with van der Waals surface area (Å²) in [5.41, 5.74) is 3.97. The Hall–Kier alpha value is -3.54. The van der Waals surface area contributed by atoms with Crippen LogP contribution in [0.1, 0.15) is 11.5 Å². The highest BCUT2D eigenvalue weighted by molar-refractivity contribution is 5.82. The second kappa shape index (κ2) is 7.23. The van der Waals surface area contributed by atoms with Gasteiger partial charge in [-0.25, -0.2) is 4.98 Å². The first-order valence-corrected chi connectivity index (χ1v) is 8.46. The Morgan fingerprint density at radius 3 is 2.43 bits per heavy atom. The van der Waals surface area contributed by atoms with E-state index in [9.17, 15) is 13.2 Å². The van der Waals surface area contributed by atoms with Crippen molar-refractivity contribution < 1.29 is 22.3 Å². The van der Waals surface area contributed by atoms with E-state index in [1.807, 2.05) is 48.5 Å². The smallest absolute Gasteiger partial charge is 0.437 e. The number of aromatic nitrogens is 1. The van der Waals surface area contributed by atoms with Crippen molar-refractivity contribution in [1.82, 2.24) is 4.98 Å². The van der Waals surface area contributed by atoms with Crippen LogP contribution in [-0.4, -0.2) is 11.3 Å². The Morgan fingerprint density at radius 1 is 0.821 bits per heavy atom. The van der Waals surface area contributed by atoms with Gasteiger partial charge in [-0.05, 0) is 47.0 Å². The van der Waals surface area contributed by atoms with Gasteiger partial charge in [-0.2, -0.15) is 0 Å². The van der Waals surface area contributed by atoms with Crippen molar-refractivity contribution in [3.63, 3.8) is 0 Å². The van der Waals surface area contributed by atoms with Crippen LogP contribution in [0.4, 0.5) is 13.2 Å². The van der Waals surface area contributed by atoms with Crippen molar-refractivity contribution in [2.24, 2.45) is 0 Å². The van der Waals surface area contributed by atoms with Crippen LogP contribution in [0.2, 0.25) is 0 Å². The molecular formula is C22H14F3NO2. The number of benzene rings is 3. The molecule has 0 amide bonds. The number of rotatable bonds is 4. The summed E-state index contributed by atoms with van der Waals surface area (Å²) in [6, 6.07) is 21.3. The molecule has 0 saturated carbocycles. The van der Waals surface area contributed by atoms with Crippen molar-refractivity contribution in [3.05, 3.63) is 84.3 Å². The minimum Gasteiger partial charge on any atom is -0.437 e. The Labute approximate surface area is 158 Å². The molecule has 0 bridgehead atoms.